The molecule has 3 heterocycles. The van der Waals surface area contributed by atoms with E-state index < -0.39 is 6.10 Å². The number of nitrogens with one attached hydrogen (secondary N) is 1. The number of aryl methyl sites for hydroxylation is 1. The van der Waals surface area contributed by atoms with Gasteiger partial charge in [-0.25, -0.2) is 0 Å². The zero-order chi connectivity index (χ0) is 15.8. The van der Waals surface area contributed by atoms with Gasteiger partial charge in [0.2, 0.25) is 0 Å². The van der Waals surface area contributed by atoms with Crippen LogP contribution in [0.5, 0.6) is 0 Å². The molecule has 0 bridgehead atoms. The van der Waals surface area contributed by atoms with Crippen molar-refractivity contribution in [3.63, 3.8) is 0 Å². The van der Waals surface area contributed by atoms with Crippen LogP contribution in [0.25, 0.3) is 10.9 Å². The Hall–Kier alpha value is -2.17. The Labute approximate surface area is 135 Å². The highest BCUT2D eigenvalue weighted by Crippen LogP contribution is 2.31. The Morgan fingerprint density at radius 2 is 2.26 bits per heavy atom. The quantitative estimate of drug-likeness (QED) is 0.782. The molecule has 0 fully saturated rings. The van der Waals surface area contributed by atoms with Gasteiger partial charge in [-0.2, -0.15) is 0 Å². The topological polar surface area (TPSA) is 50.1 Å². The average molecular weight is 307 g/mol. The van der Waals surface area contributed by atoms with Crippen molar-refractivity contribution in [2.75, 3.05) is 6.54 Å². The van der Waals surface area contributed by atoms with Gasteiger partial charge in [0.25, 0.3) is 0 Å². The highest BCUT2D eigenvalue weighted by atomic mass is 16.3. The van der Waals surface area contributed by atoms with Crippen molar-refractivity contribution in [1.82, 2.24) is 14.9 Å². The lowest BCUT2D eigenvalue weighted by Crippen LogP contribution is -2.25. The summed E-state index contributed by atoms with van der Waals surface area (Å²) in [5.74, 6) is 0. The summed E-state index contributed by atoms with van der Waals surface area (Å²) in [6.45, 7) is 4.60. The normalized spacial score (nSPS) is 15.6. The molecule has 0 spiro atoms. The van der Waals surface area contributed by atoms with Crippen molar-refractivity contribution >= 4 is 10.9 Å². The third-order valence-electron chi connectivity index (χ3n) is 4.71. The predicted molar refractivity (Wildman–Crippen MR) is 91.3 cm³/mol. The van der Waals surface area contributed by atoms with Gasteiger partial charge in [0, 0.05) is 54.1 Å². The molecule has 23 heavy (non-hydrogen) atoms. The average Bonchev–Trinajstić information content (AvgIpc) is 2.89. The molecule has 0 saturated heterocycles. The summed E-state index contributed by atoms with van der Waals surface area (Å²) in [5, 5.41) is 15.4. The number of hydrogen-bond acceptors (Lipinski definition) is 3. The maximum Gasteiger partial charge on any atom is 0.0983 e. The van der Waals surface area contributed by atoms with E-state index >= 15 is 0 Å². The Kier molecular flexibility index (Phi) is 3.63. The monoisotopic (exact) mass is 307 g/mol. The fourth-order valence-corrected chi connectivity index (χ4v) is 3.55. The van der Waals surface area contributed by atoms with E-state index in [4.69, 9.17) is 0 Å². The summed E-state index contributed by atoms with van der Waals surface area (Å²) < 4.78 is 2.29. The van der Waals surface area contributed by atoms with Gasteiger partial charge in [-0.15, -0.1) is 0 Å². The van der Waals surface area contributed by atoms with Gasteiger partial charge in [-0.1, -0.05) is 17.7 Å². The molecule has 1 aromatic carbocycles. The summed E-state index contributed by atoms with van der Waals surface area (Å²) >= 11 is 0. The second-order valence-electron chi connectivity index (χ2n) is 6.29. The Balaban J connectivity index is 1.80. The van der Waals surface area contributed by atoms with Crippen molar-refractivity contribution in [3.05, 3.63) is 65.1 Å². The summed E-state index contributed by atoms with van der Waals surface area (Å²) in [6.07, 6.45) is 3.94. The third-order valence-corrected chi connectivity index (χ3v) is 4.71. The Morgan fingerprint density at radius 3 is 3.09 bits per heavy atom. The first-order valence-electron chi connectivity index (χ1n) is 8.13. The molecule has 1 unspecified atom stereocenters. The molecule has 1 aliphatic heterocycles. The molecular weight excluding hydrogens is 286 g/mol. The minimum absolute atomic E-state index is 0.542. The number of aromatic nitrogens is 2. The van der Waals surface area contributed by atoms with E-state index in [-0.39, 0.29) is 0 Å². The van der Waals surface area contributed by atoms with Crippen LogP contribution in [0.15, 0.2) is 42.7 Å². The number of benzene rings is 1. The molecule has 4 nitrogen and oxygen atoms in total. The first-order chi connectivity index (χ1) is 11.2. The van der Waals surface area contributed by atoms with Crippen molar-refractivity contribution in [3.8, 4) is 0 Å². The van der Waals surface area contributed by atoms with E-state index in [1.165, 1.54) is 27.7 Å². The fourth-order valence-electron chi connectivity index (χ4n) is 3.55. The van der Waals surface area contributed by atoms with Crippen LogP contribution in [0.1, 0.15) is 28.5 Å². The lowest BCUT2D eigenvalue weighted by Gasteiger charge is -2.19. The smallest absolute Gasteiger partial charge is 0.0983 e. The maximum atomic E-state index is 10.6. The molecule has 4 heteroatoms. The highest BCUT2D eigenvalue weighted by molar-refractivity contribution is 5.86. The molecule has 3 aromatic rings. The minimum atomic E-state index is -0.542. The molecular formula is C19H21N3O. The number of pyridine rings is 1. The van der Waals surface area contributed by atoms with E-state index in [0.29, 0.717) is 6.54 Å². The minimum Gasteiger partial charge on any atom is -0.386 e. The second kappa shape index (κ2) is 5.80. The van der Waals surface area contributed by atoms with Gasteiger partial charge in [0.1, 0.15) is 0 Å². The number of aliphatic hydroxyl groups is 1. The van der Waals surface area contributed by atoms with Crippen LogP contribution in [0, 0.1) is 6.92 Å². The molecule has 0 saturated carbocycles. The van der Waals surface area contributed by atoms with Crippen molar-refractivity contribution in [1.29, 1.82) is 0 Å². The van der Waals surface area contributed by atoms with Crippen LogP contribution in [0.4, 0.5) is 0 Å². The van der Waals surface area contributed by atoms with E-state index in [9.17, 15) is 5.11 Å². The van der Waals surface area contributed by atoms with Crippen LogP contribution in [0.3, 0.4) is 0 Å². The first kappa shape index (κ1) is 14.4. The third kappa shape index (κ3) is 2.54. The number of rotatable bonds is 3. The van der Waals surface area contributed by atoms with Crippen LogP contribution >= 0.6 is 0 Å². The standard InChI is InChI=1S/C19H21N3O/c1-13-4-5-17-15(9-13)16-11-21-8-6-18(16)22(17)12-19(23)14-3-2-7-20-10-14/h2-5,7,9-10,19,21,23H,6,8,11-12H2,1H3. The Bertz CT molecular complexity index is 839. The van der Waals surface area contributed by atoms with Gasteiger partial charge in [-0.05, 0) is 30.7 Å². The number of nitrogens with zero attached hydrogens (tertiary/aromatic N) is 2. The zero-order valence-corrected chi connectivity index (χ0v) is 13.3. The predicted octanol–water partition coefficient (Wildman–Crippen LogP) is 2.72. The first-order valence-corrected chi connectivity index (χ1v) is 8.13. The van der Waals surface area contributed by atoms with E-state index in [2.05, 4.69) is 40.0 Å². The van der Waals surface area contributed by atoms with Crippen LogP contribution < -0.4 is 5.32 Å². The molecule has 1 atom stereocenters. The largest absolute Gasteiger partial charge is 0.386 e. The molecule has 4 rings (SSSR count). The highest BCUT2D eigenvalue weighted by Gasteiger charge is 2.21. The Morgan fingerprint density at radius 1 is 1.35 bits per heavy atom. The van der Waals surface area contributed by atoms with Crippen LogP contribution in [0.2, 0.25) is 0 Å². The van der Waals surface area contributed by atoms with E-state index in [0.717, 1.165) is 25.1 Å². The maximum absolute atomic E-state index is 10.6. The van der Waals surface area contributed by atoms with Crippen LogP contribution in [-0.2, 0) is 19.5 Å². The van der Waals surface area contributed by atoms with Crippen molar-refractivity contribution in [2.45, 2.75) is 32.5 Å². The summed E-state index contributed by atoms with van der Waals surface area (Å²) in [7, 11) is 0. The fraction of sp³-hybridized carbons (Fsp3) is 0.316. The molecule has 1 aliphatic rings. The molecule has 0 radical (unpaired) electrons. The van der Waals surface area contributed by atoms with E-state index in [1.807, 2.05) is 12.1 Å². The van der Waals surface area contributed by atoms with Crippen LogP contribution in [-0.4, -0.2) is 21.2 Å². The van der Waals surface area contributed by atoms with Gasteiger partial charge in [-0.3, -0.25) is 4.98 Å². The van der Waals surface area contributed by atoms with Gasteiger partial charge in [0.05, 0.1) is 12.6 Å². The molecule has 2 aromatic heterocycles. The number of aliphatic hydroxyl groups excluding tert-OH is 1. The SMILES string of the molecule is Cc1ccc2c(c1)c1c(n2CC(O)c2cccnc2)CCNC1. The molecule has 0 amide bonds. The van der Waals surface area contributed by atoms with Gasteiger partial charge in [0.15, 0.2) is 0 Å². The number of fused-ring (bicyclic) bond motifs is 3. The lowest BCUT2D eigenvalue weighted by molar-refractivity contribution is 0.156. The molecule has 0 aliphatic carbocycles. The van der Waals surface area contributed by atoms with Gasteiger partial charge >= 0.3 is 0 Å². The summed E-state index contributed by atoms with van der Waals surface area (Å²) in [4.78, 5) is 4.12. The van der Waals surface area contributed by atoms with Crippen molar-refractivity contribution in [2.24, 2.45) is 0 Å². The summed E-state index contributed by atoms with van der Waals surface area (Å²) in [5.41, 5.74) is 6.09. The van der Waals surface area contributed by atoms with Gasteiger partial charge < -0.3 is 15.0 Å². The summed E-state index contributed by atoms with van der Waals surface area (Å²) in [6, 6.07) is 10.4. The number of hydrogen-bond donors (Lipinski definition) is 2. The lowest BCUT2D eigenvalue weighted by atomic mass is 10.0. The van der Waals surface area contributed by atoms with E-state index in [1.54, 1.807) is 12.4 Å². The molecule has 2 N–H and O–H groups in total. The second-order valence-corrected chi connectivity index (χ2v) is 6.29. The molecule has 118 valence electrons. The zero-order valence-electron chi connectivity index (χ0n) is 13.3. The van der Waals surface area contributed by atoms with Crippen molar-refractivity contribution < 1.29 is 5.11 Å².